The molecule has 110 valence electrons. The predicted molar refractivity (Wildman–Crippen MR) is 77.9 cm³/mol. The third-order valence-electron chi connectivity index (χ3n) is 2.87. The number of nitrogens with zero attached hydrogens (tertiary/aromatic N) is 3. The van der Waals surface area contributed by atoms with Crippen LogP contribution in [0.2, 0.25) is 0 Å². The van der Waals surface area contributed by atoms with Gasteiger partial charge in [0, 0.05) is 23.4 Å². The fourth-order valence-corrected chi connectivity index (χ4v) is 2.12. The van der Waals surface area contributed by atoms with Crippen molar-refractivity contribution in [3.05, 3.63) is 49.8 Å². The second kappa shape index (κ2) is 5.71. The molecule has 0 radical (unpaired) electrons. The zero-order chi connectivity index (χ0) is 16.4. The molecule has 1 aromatic carbocycles. The maximum atomic E-state index is 11.1. The number of aromatic nitrogens is 2. The molecule has 2 aromatic rings. The predicted octanol–water partition coefficient (Wildman–Crippen LogP) is 2.59. The smallest absolute Gasteiger partial charge is 0.335 e. The van der Waals surface area contributed by atoms with Crippen molar-refractivity contribution < 1.29 is 14.8 Å². The van der Waals surface area contributed by atoms with Gasteiger partial charge in [-0.1, -0.05) is 12.2 Å². The summed E-state index contributed by atoms with van der Waals surface area (Å²) in [5, 5.41) is 28.9. The minimum atomic E-state index is -1.30. The van der Waals surface area contributed by atoms with Gasteiger partial charge in [-0.15, -0.1) is 0 Å². The molecule has 0 atom stereocenters. The van der Waals surface area contributed by atoms with Crippen molar-refractivity contribution in [1.29, 1.82) is 5.26 Å². The largest absolute Gasteiger partial charge is 0.478 e. The van der Waals surface area contributed by atoms with Crippen LogP contribution in [-0.4, -0.2) is 26.0 Å². The average Bonchev–Trinajstić information content (AvgIpc) is 2.46. The topological polar surface area (TPSA) is 133 Å². The van der Waals surface area contributed by atoms with E-state index in [0.717, 1.165) is 6.07 Å². The number of nitrogens with one attached hydrogen (secondary N) is 1. The highest BCUT2D eigenvalue weighted by atomic mass is 32.1. The lowest BCUT2D eigenvalue weighted by Gasteiger charge is -2.06. The number of nitro benzene ring substituents is 1. The lowest BCUT2D eigenvalue weighted by molar-refractivity contribution is -0.384. The highest BCUT2D eigenvalue weighted by Crippen LogP contribution is 2.24. The van der Waals surface area contributed by atoms with Gasteiger partial charge in [0.2, 0.25) is 0 Å². The fraction of sp³-hybridized carbons (Fsp3) is 0.0769. The molecule has 0 aliphatic rings. The van der Waals surface area contributed by atoms with E-state index in [4.69, 9.17) is 22.6 Å². The molecule has 0 unspecified atom stereocenters. The Morgan fingerprint density at radius 1 is 1.50 bits per heavy atom. The molecule has 0 amide bonds. The molecule has 2 N–H and O–H groups in total. The summed E-state index contributed by atoms with van der Waals surface area (Å²) in [6, 6.07) is 5.29. The van der Waals surface area contributed by atoms with E-state index in [1.165, 1.54) is 12.1 Å². The number of carboxylic acid groups (broad SMARTS) is 1. The number of hydrogen-bond donors (Lipinski definition) is 2. The lowest BCUT2D eigenvalue weighted by atomic mass is 10.1. The minimum Gasteiger partial charge on any atom is -0.478 e. The van der Waals surface area contributed by atoms with Crippen molar-refractivity contribution in [1.82, 2.24) is 9.97 Å². The molecule has 22 heavy (non-hydrogen) atoms. The average molecular weight is 316 g/mol. The number of rotatable bonds is 3. The number of nitro groups is 1. The van der Waals surface area contributed by atoms with E-state index in [1.807, 2.05) is 6.07 Å². The molecule has 0 fully saturated rings. The van der Waals surface area contributed by atoms with E-state index in [9.17, 15) is 14.9 Å². The van der Waals surface area contributed by atoms with Gasteiger partial charge < -0.3 is 10.1 Å². The van der Waals surface area contributed by atoms with Gasteiger partial charge in [-0.25, -0.2) is 9.78 Å². The molecule has 0 aliphatic heterocycles. The quantitative estimate of drug-likeness (QED) is 0.505. The second-order valence-corrected chi connectivity index (χ2v) is 4.72. The Morgan fingerprint density at radius 2 is 2.18 bits per heavy atom. The van der Waals surface area contributed by atoms with Crippen molar-refractivity contribution in [2.45, 2.75) is 6.92 Å². The summed E-state index contributed by atoms with van der Waals surface area (Å²) in [6.45, 7) is 1.61. The van der Waals surface area contributed by atoms with Gasteiger partial charge >= 0.3 is 5.97 Å². The van der Waals surface area contributed by atoms with Crippen LogP contribution in [-0.2, 0) is 0 Å². The summed E-state index contributed by atoms with van der Waals surface area (Å²) in [7, 11) is 0. The lowest BCUT2D eigenvalue weighted by Crippen LogP contribution is -2.02. The van der Waals surface area contributed by atoms with E-state index in [-0.39, 0.29) is 32.8 Å². The van der Waals surface area contributed by atoms with Crippen LogP contribution in [0, 0.1) is 33.0 Å². The molecule has 0 spiro atoms. The number of H-pyrrole nitrogens is 1. The molecule has 9 heteroatoms. The highest BCUT2D eigenvalue weighted by Gasteiger charge is 2.16. The SMILES string of the molecule is Cc1[nH]c(-c2cc(C(=O)O)cc([N+](=O)[O-])c2)nc(=S)c1C#N. The monoisotopic (exact) mass is 316 g/mol. The third-order valence-corrected chi connectivity index (χ3v) is 3.16. The number of nitriles is 1. The molecule has 0 aliphatic carbocycles. The first-order valence-electron chi connectivity index (χ1n) is 5.87. The molecule has 2 rings (SSSR count). The molecular formula is C13H8N4O4S. The second-order valence-electron chi connectivity index (χ2n) is 4.33. The number of carbonyl (C=O) groups is 1. The Kier molecular flexibility index (Phi) is 3.96. The number of aryl methyl sites for hydroxylation is 1. The van der Waals surface area contributed by atoms with Crippen LogP contribution in [0.5, 0.6) is 0 Å². The Labute approximate surface area is 128 Å². The number of hydrogen-bond acceptors (Lipinski definition) is 6. The van der Waals surface area contributed by atoms with Crippen LogP contribution >= 0.6 is 12.2 Å². The molecular weight excluding hydrogens is 308 g/mol. The van der Waals surface area contributed by atoms with Crippen LogP contribution in [0.25, 0.3) is 11.4 Å². The Hall–Kier alpha value is -3.12. The van der Waals surface area contributed by atoms with Gasteiger partial charge in [-0.3, -0.25) is 10.1 Å². The summed E-state index contributed by atoms with van der Waals surface area (Å²) >= 11 is 4.99. The Morgan fingerprint density at radius 3 is 2.68 bits per heavy atom. The van der Waals surface area contributed by atoms with E-state index in [1.54, 1.807) is 6.92 Å². The summed E-state index contributed by atoms with van der Waals surface area (Å²) < 4.78 is 0.0390. The van der Waals surface area contributed by atoms with E-state index in [2.05, 4.69) is 9.97 Å². The van der Waals surface area contributed by atoms with E-state index >= 15 is 0 Å². The van der Waals surface area contributed by atoms with E-state index < -0.39 is 10.9 Å². The Bertz CT molecular complexity index is 866. The normalized spacial score (nSPS) is 10.0. The van der Waals surface area contributed by atoms with Gasteiger partial charge in [-0.2, -0.15) is 5.26 Å². The summed E-state index contributed by atoms with van der Waals surface area (Å²) in [5.74, 6) is -1.14. The van der Waals surface area contributed by atoms with Crippen LogP contribution in [0.15, 0.2) is 18.2 Å². The third kappa shape index (κ3) is 2.82. The summed E-state index contributed by atoms with van der Waals surface area (Å²) in [5.41, 5.74) is 0.221. The van der Waals surface area contributed by atoms with Crippen molar-refractivity contribution in [3.8, 4) is 17.5 Å². The van der Waals surface area contributed by atoms with Gasteiger partial charge in [0.05, 0.1) is 10.5 Å². The van der Waals surface area contributed by atoms with Crippen molar-refractivity contribution >= 4 is 23.9 Å². The minimum absolute atomic E-state index is 0.0390. The van der Waals surface area contributed by atoms with Crippen LogP contribution in [0.1, 0.15) is 21.6 Å². The molecule has 0 bridgehead atoms. The number of aromatic amines is 1. The van der Waals surface area contributed by atoms with Crippen LogP contribution in [0.4, 0.5) is 5.69 Å². The van der Waals surface area contributed by atoms with Crippen LogP contribution in [0.3, 0.4) is 0 Å². The van der Waals surface area contributed by atoms with Crippen molar-refractivity contribution in [2.24, 2.45) is 0 Å². The zero-order valence-corrected chi connectivity index (χ0v) is 12.0. The molecule has 1 heterocycles. The number of aromatic carboxylic acids is 1. The molecule has 0 saturated heterocycles. The summed E-state index contributed by atoms with van der Waals surface area (Å²) in [6.07, 6.45) is 0. The highest BCUT2D eigenvalue weighted by molar-refractivity contribution is 7.71. The fourth-order valence-electron chi connectivity index (χ4n) is 1.83. The summed E-state index contributed by atoms with van der Waals surface area (Å²) in [4.78, 5) is 28.1. The van der Waals surface area contributed by atoms with Crippen molar-refractivity contribution in [3.63, 3.8) is 0 Å². The maximum absolute atomic E-state index is 11.1. The number of benzene rings is 1. The first-order chi connectivity index (χ1) is 10.3. The van der Waals surface area contributed by atoms with Crippen LogP contribution < -0.4 is 0 Å². The maximum Gasteiger partial charge on any atom is 0.335 e. The standard InChI is InChI=1S/C13H8N4O4S/c1-6-10(5-14)12(22)16-11(15-6)7-2-8(13(18)19)4-9(3-7)17(20)21/h2-4H,1H3,(H,18,19)(H,15,16,22). The molecule has 0 saturated carbocycles. The number of carboxylic acids is 1. The van der Waals surface area contributed by atoms with Gasteiger partial charge in [0.25, 0.3) is 5.69 Å². The van der Waals surface area contributed by atoms with Gasteiger partial charge in [0.15, 0.2) is 0 Å². The van der Waals surface area contributed by atoms with E-state index in [0.29, 0.717) is 5.69 Å². The molecule has 1 aromatic heterocycles. The van der Waals surface area contributed by atoms with Gasteiger partial charge in [0.1, 0.15) is 22.1 Å². The Balaban J connectivity index is 2.72. The molecule has 8 nitrogen and oxygen atoms in total. The van der Waals surface area contributed by atoms with Crippen molar-refractivity contribution in [2.75, 3.05) is 0 Å². The number of non-ortho nitro benzene ring substituents is 1. The zero-order valence-electron chi connectivity index (χ0n) is 11.2. The first kappa shape index (κ1) is 15.3. The first-order valence-corrected chi connectivity index (χ1v) is 6.28. The van der Waals surface area contributed by atoms with Gasteiger partial charge in [-0.05, 0) is 13.0 Å².